The Hall–Kier alpha value is -1.91. The molecule has 0 unspecified atom stereocenters. The van der Waals surface area contributed by atoms with Crippen LogP contribution in [0.5, 0.6) is 17.2 Å². The number of benzene rings is 2. The van der Waals surface area contributed by atoms with Crippen LogP contribution >= 0.6 is 23.2 Å². The van der Waals surface area contributed by atoms with Gasteiger partial charge in [-0.15, -0.1) is 0 Å². The van der Waals surface area contributed by atoms with Gasteiger partial charge in [0, 0.05) is 17.5 Å². The molecule has 0 aliphatic carbocycles. The van der Waals surface area contributed by atoms with Gasteiger partial charge >= 0.3 is 5.97 Å². The second-order valence-electron chi connectivity index (χ2n) is 5.31. The Balaban J connectivity index is 2.30. The number of carbonyl (C=O) groups excluding carboxylic acids is 1. The molecular formula is C19H20Cl2O4. The number of esters is 1. The molecule has 2 aromatic rings. The topological polar surface area (TPSA) is 44.8 Å². The largest absolute Gasteiger partial charge is 0.493 e. The Labute approximate surface area is 157 Å². The Morgan fingerprint density at radius 2 is 1.72 bits per heavy atom. The van der Waals surface area contributed by atoms with Crippen LogP contribution in [-0.4, -0.2) is 12.6 Å². The van der Waals surface area contributed by atoms with E-state index in [1.54, 1.807) is 37.3 Å². The van der Waals surface area contributed by atoms with Gasteiger partial charge in [0.25, 0.3) is 0 Å². The summed E-state index contributed by atoms with van der Waals surface area (Å²) in [5.41, 5.74) is 1.50. The van der Waals surface area contributed by atoms with Crippen molar-refractivity contribution in [1.82, 2.24) is 0 Å². The van der Waals surface area contributed by atoms with Crippen molar-refractivity contribution in [2.24, 2.45) is 0 Å². The van der Waals surface area contributed by atoms with Gasteiger partial charge in [-0.05, 0) is 37.6 Å². The van der Waals surface area contributed by atoms with E-state index in [1.807, 2.05) is 13.8 Å². The lowest BCUT2D eigenvalue weighted by Gasteiger charge is -2.16. The quantitative estimate of drug-likeness (QED) is 0.462. The number of halogens is 2. The van der Waals surface area contributed by atoms with Crippen LogP contribution in [0.25, 0.3) is 0 Å². The van der Waals surface area contributed by atoms with Crippen LogP contribution in [0.15, 0.2) is 30.3 Å². The molecule has 0 N–H and O–H groups in total. The maximum absolute atomic E-state index is 11.7. The van der Waals surface area contributed by atoms with Gasteiger partial charge in [-0.2, -0.15) is 0 Å². The first-order chi connectivity index (χ1) is 12.0. The molecule has 0 aliphatic rings. The van der Waals surface area contributed by atoms with Crippen LogP contribution in [0.4, 0.5) is 0 Å². The van der Waals surface area contributed by atoms with E-state index in [-0.39, 0.29) is 19.0 Å². The molecule has 0 aliphatic heterocycles. The molecule has 0 amide bonds. The maximum Gasteiger partial charge on any atom is 0.310 e. The third-order valence-electron chi connectivity index (χ3n) is 3.49. The molecule has 0 bridgehead atoms. The van der Waals surface area contributed by atoms with E-state index in [2.05, 4.69) is 0 Å². The van der Waals surface area contributed by atoms with E-state index in [9.17, 15) is 4.79 Å². The Bertz CT molecular complexity index is 759. The van der Waals surface area contributed by atoms with Crippen molar-refractivity contribution in [1.29, 1.82) is 0 Å². The van der Waals surface area contributed by atoms with Gasteiger partial charge in [-0.3, -0.25) is 4.79 Å². The van der Waals surface area contributed by atoms with Gasteiger partial charge in [0.2, 0.25) is 0 Å². The van der Waals surface area contributed by atoms with Crippen LogP contribution in [0.1, 0.15) is 31.4 Å². The third-order valence-corrected chi connectivity index (χ3v) is 4.19. The molecule has 0 spiro atoms. The zero-order valence-corrected chi connectivity index (χ0v) is 15.9. The SMILES string of the molecule is CCOc1cccc(OC(=O)CC)c1COc1cc(Cl)c(C)cc1Cl. The van der Waals surface area contributed by atoms with E-state index in [0.29, 0.717) is 39.5 Å². The first-order valence-electron chi connectivity index (χ1n) is 8.00. The van der Waals surface area contributed by atoms with Gasteiger partial charge in [0.05, 0.1) is 17.2 Å². The van der Waals surface area contributed by atoms with Crippen LogP contribution in [0, 0.1) is 6.92 Å². The van der Waals surface area contributed by atoms with Crippen LogP contribution < -0.4 is 14.2 Å². The number of hydrogen-bond donors (Lipinski definition) is 0. The molecule has 134 valence electrons. The number of aryl methyl sites for hydroxylation is 1. The first-order valence-corrected chi connectivity index (χ1v) is 8.75. The minimum absolute atomic E-state index is 0.127. The fourth-order valence-electron chi connectivity index (χ4n) is 2.16. The average molecular weight is 383 g/mol. The standard InChI is InChI=1S/C19H20Cl2O4/c1-4-19(22)25-17-8-6-7-16(23-5-2)13(17)11-24-18-10-14(20)12(3)9-15(18)21/h6-10H,4-5,11H2,1-3H3. The lowest BCUT2D eigenvalue weighted by Crippen LogP contribution is -2.10. The normalized spacial score (nSPS) is 10.4. The molecule has 0 atom stereocenters. The molecule has 0 fully saturated rings. The fraction of sp³-hybridized carbons (Fsp3) is 0.316. The van der Waals surface area contributed by atoms with Gasteiger partial charge in [0.1, 0.15) is 23.9 Å². The maximum atomic E-state index is 11.7. The second-order valence-corrected chi connectivity index (χ2v) is 6.13. The molecule has 0 saturated heterocycles. The summed E-state index contributed by atoms with van der Waals surface area (Å²) in [5.74, 6) is 1.13. The van der Waals surface area contributed by atoms with Crippen LogP contribution in [0.3, 0.4) is 0 Å². The molecular weight excluding hydrogens is 363 g/mol. The summed E-state index contributed by atoms with van der Waals surface area (Å²) in [4.78, 5) is 11.7. The summed E-state index contributed by atoms with van der Waals surface area (Å²) in [7, 11) is 0. The summed E-state index contributed by atoms with van der Waals surface area (Å²) in [6.07, 6.45) is 0.276. The second kappa shape index (κ2) is 8.97. The van der Waals surface area contributed by atoms with Gasteiger partial charge < -0.3 is 14.2 Å². The van der Waals surface area contributed by atoms with Crippen LogP contribution in [-0.2, 0) is 11.4 Å². The van der Waals surface area contributed by atoms with Crippen molar-refractivity contribution >= 4 is 29.2 Å². The summed E-state index contributed by atoms with van der Waals surface area (Å²) >= 11 is 12.3. The summed E-state index contributed by atoms with van der Waals surface area (Å²) in [6.45, 7) is 6.09. The molecule has 25 heavy (non-hydrogen) atoms. The van der Waals surface area contributed by atoms with Crippen molar-refractivity contribution in [2.75, 3.05) is 6.61 Å². The molecule has 0 heterocycles. The van der Waals surface area contributed by atoms with E-state index >= 15 is 0 Å². The molecule has 2 rings (SSSR count). The van der Waals surface area contributed by atoms with Gasteiger partial charge in [-0.25, -0.2) is 0 Å². The zero-order chi connectivity index (χ0) is 18.4. The third kappa shape index (κ3) is 5.03. The van der Waals surface area contributed by atoms with Crippen molar-refractivity contribution in [2.45, 2.75) is 33.8 Å². The molecule has 0 saturated carbocycles. The van der Waals surface area contributed by atoms with Crippen molar-refractivity contribution < 1.29 is 19.0 Å². The minimum atomic E-state index is -0.327. The van der Waals surface area contributed by atoms with E-state index < -0.39 is 0 Å². The molecule has 2 aromatic carbocycles. The van der Waals surface area contributed by atoms with Crippen molar-refractivity contribution in [3.05, 3.63) is 51.5 Å². The summed E-state index contributed by atoms with van der Waals surface area (Å²) < 4.78 is 16.8. The summed E-state index contributed by atoms with van der Waals surface area (Å²) in [6, 6.07) is 8.68. The Morgan fingerprint density at radius 3 is 2.40 bits per heavy atom. The first kappa shape index (κ1) is 19.4. The van der Waals surface area contributed by atoms with Crippen molar-refractivity contribution in [3.8, 4) is 17.2 Å². The highest BCUT2D eigenvalue weighted by atomic mass is 35.5. The van der Waals surface area contributed by atoms with E-state index in [4.69, 9.17) is 37.4 Å². The van der Waals surface area contributed by atoms with Gasteiger partial charge in [0.15, 0.2) is 0 Å². The lowest BCUT2D eigenvalue weighted by atomic mass is 10.2. The minimum Gasteiger partial charge on any atom is -0.493 e. The monoisotopic (exact) mass is 382 g/mol. The average Bonchev–Trinajstić information content (AvgIpc) is 2.58. The molecule has 0 aromatic heterocycles. The van der Waals surface area contributed by atoms with Crippen molar-refractivity contribution in [3.63, 3.8) is 0 Å². The number of rotatable bonds is 7. The Morgan fingerprint density at radius 1 is 1.00 bits per heavy atom. The van der Waals surface area contributed by atoms with Gasteiger partial charge in [-0.1, -0.05) is 36.2 Å². The highest BCUT2D eigenvalue weighted by Gasteiger charge is 2.15. The number of ether oxygens (including phenoxy) is 3. The Kier molecular flexibility index (Phi) is 6.97. The highest BCUT2D eigenvalue weighted by molar-refractivity contribution is 6.34. The summed E-state index contributed by atoms with van der Waals surface area (Å²) in [5, 5.41) is 1.03. The molecule has 4 nitrogen and oxygen atoms in total. The molecule has 6 heteroatoms. The smallest absolute Gasteiger partial charge is 0.310 e. The number of carbonyl (C=O) groups is 1. The number of hydrogen-bond acceptors (Lipinski definition) is 4. The highest BCUT2D eigenvalue weighted by Crippen LogP contribution is 2.34. The zero-order valence-electron chi connectivity index (χ0n) is 14.4. The lowest BCUT2D eigenvalue weighted by molar-refractivity contribution is -0.134. The van der Waals surface area contributed by atoms with Crippen LogP contribution in [0.2, 0.25) is 10.0 Å². The van der Waals surface area contributed by atoms with E-state index in [1.165, 1.54) is 0 Å². The van der Waals surface area contributed by atoms with E-state index in [0.717, 1.165) is 5.56 Å². The predicted octanol–water partition coefficient (Wildman–Crippen LogP) is 5.59. The fourth-order valence-corrected chi connectivity index (χ4v) is 2.58. The predicted molar refractivity (Wildman–Crippen MR) is 99.1 cm³/mol. The molecule has 0 radical (unpaired) electrons.